The molecule has 154 valence electrons. The van der Waals surface area contributed by atoms with E-state index < -0.39 is 0 Å². The Kier molecular flexibility index (Phi) is 10.9. The van der Waals surface area contributed by atoms with Gasteiger partial charge in [-0.3, -0.25) is 4.90 Å². The second kappa shape index (κ2) is 13.5. The number of rotatable bonds is 7. The molecule has 0 bridgehead atoms. The Labute approximate surface area is 172 Å². The van der Waals surface area contributed by atoms with Gasteiger partial charge in [-0.05, 0) is 31.0 Å². The minimum atomic E-state index is 0.701. The second-order valence-corrected chi connectivity index (χ2v) is 7.92. The first kappa shape index (κ1) is 22.6. The molecule has 1 N–H and O–H groups in total. The topological polar surface area (TPSA) is 18.5 Å². The Morgan fingerprint density at radius 1 is 1.11 bits per heavy atom. The van der Waals surface area contributed by atoms with Crippen LogP contribution in [0.4, 0.5) is 0 Å². The van der Waals surface area contributed by atoms with E-state index in [1.165, 1.54) is 56.3 Å². The molecule has 0 atom stereocenters. The maximum atomic E-state index is 3.94. The predicted octanol–water partition coefficient (Wildman–Crippen LogP) is 4.64. The van der Waals surface area contributed by atoms with E-state index in [0.29, 0.717) is 6.04 Å². The maximum Gasteiger partial charge on any atom is 0.0240 e. The van der Waals surface area contributed by atoms with Crippen LogP contribution in [-0.4, -0.2) is 55.6 Å². The summed E-state index contributed by atoms with van der Waals surface area (Å²) >= 11 is 0. The number of likely N-dealkylation sites (N-methyl/N-ethyl adjacent to an activating group) is 1. The molecule has 1 heterocycles. The summed E-state index contributed by atoms with van der Waals surface area (Å²) in [5, 5.41) is 3.27. The van der Waals surface area contributed by atoms with Crippen LogP contribution in [0.2, 0.25) is 0 Å². The highest BCUT2D eigenvalue weighted by atomic mass is 15.2. The summed E-state index contributed by atoms with van der Waals surface area (Å²) in [7, 11) is 2.15. The Morgan fingerprint density at radius 2 is 1.79 bits per heavy atom. The molecule has 1 saturated heterocycles. The molecule has 3 rings (SSSR count). The molecule has 1 aromatic rings. The number of nitrogens with zero attached hydrogens (tertiary/aromatic N) is 2. The van der Waals surface area contributed by atoms with Crippen LogP contribution in [0.5, 0.6) is 0 Å². The van der Waals surface area contributed by atoms with Crippen LogP contribution < -0.4 is 5.32 Å². The van der Waals surface area contributed by atoms with E-state index >= 15 is 0 Å². The number of hydrogen-bond donors (Lipinski definition) is 1. The molecule has 0 unspecified atom stereocenters. The van der Waals surface area contributed by atoms with Gasteiger partial charge in [-0.2, -0.15) is 0 Å². The molecular formula is C25H39N3. The molecule has 1 aliphatic carbocycles. The Hall–Kier alpha value is -1.68. The molecule has 28 heavy (non-hydrogen) atoms. The van der Waals surface area contributed by atoms with Crippen molar-refractivity contribution in [2.24, 2.45) is 0 Å². The zero-order chi connectivity index (χ0) is 20.0. The van der Waals surface area contributed by atoms with Crippen LogP contribution in [0.3, 0.4) is 0 Å². The zero-order valence-corrected chi connectivity index (χ0v) is 17.8. The minimum Gasteiger partial charge on any atom is -0.314 e. The molecule has 2 aliphatic rings. The van der Waals surface area contributed by atoms with Gasteiger partial charge in [0.1, 0.15) is 0 Å². The van der Waals surface area contributed by atoms with Crippen LogP contribution >= 0.6 is 0 Å². The maximum absolute atomic E-state index is 3.94. The number of allylic oxidation sites excluding steroid dienone is 2. The number of benzene rings is 1. The molecule has 1 aliphatic heterocycles. The molecule has 0 radical (unpaired) electrons. The fourth-order valence-corrected chi connectivity index (χ4v) is 3.93. The van der Waals surface area contributed by atoms with E-state index in [2.05, 4.69) is 71.7 Å². The van der Waals surface area contributed by atoms with E-state index in [1.807, 2.05) is 12.2 Å². The molecule has 0 amide bonds. The fraction of sp³-hybridized carbons (Fsp3) is 0.520. The van der Waals surface area contributed by atoms with Crippen molar-refractivity contribution >= 4 is 0 Å². The van der Waals surface area contributed by atoms with Gasteiger partial charge in [0, 0.05) is 45.3 Å². The third kappa shape index (κ3) is 8.55. The fourth-order valence-electron chi connectivity index (χ4n) is 3.93. The molecule has 0 aromatic heterocycles. The zero-order valence-electron chi connectivity index (χ0n) is 17.8. The van der Waals surface area contributed by atoms with Gasteiger partial charge < -0.3 is 10.2 Å². The van der Waals surface area contributed by atoms with Crippen molar-refractivity contribution in [3.05, 3.63) is 72.9 Å². The minimum absolute atomic E-state index is 0.701. The van der Waals surface area contributed by atoms with Crippen LogP contribution in [0, 0.1) is 0 Å². The highest BCUT2D eigenvalue weighted by molar-refractivity contribution is 5.23. The summed E-state index contributed by atoms with van der Waals surface area (Å²) in [5.41, 5.74) is 2.65. The SMILES string of the molecule is C=C/C=C(\C=C)CN(Cc1ccccc1)C1CCCCC1.CN1CCNCC1. The third-order valence-electron chi connectivity index (χ3n) is 5.64. The normalized spacial score (nSPS) is 19.0. The summed E-state index contributed by atoms with van der Waals surface area (Å²) in [4.78, 5) is 4.95. The van der Waals surface area contributed by atoms with Gasteiger partial charge in [0.15, 0.2) is 0 Å². The van der Waals surface area contributed by atoms with Crippen molar-refractivity contribution in [3.63, 3.8) is 0 Å². The van der Waals surface area contributed by atoms with E-state index in [1.54, 1.807) is 0 Å². The lowest BCUT2D eigenvalue weighted by atomic mass is 9.93. The van der Waals surface area contributed by atoms with Crippen LogP contribution in [-0.2, 0) is 6.54 Å². The van der Waals surface area contributed by atoms with Gasteiger partial charge in [-0.15, -0.1) is 0 Å². The van der Waals surface area contributed by atoms with Crippen molar-refractivity contribution in [2.45, 2.75) is 44.7 Å². The highest BCUT2D eigenvalue weighted by Gasteiger charge is 2.21. The predicted molar refractivity (Wildman–Crippen MR) is 123 cm³/mol. The Morgan fingerprint density at radius 3 is 2.32 bits per heavy atom. The molecule has 3 nitrogen and oxygen atoms in total. The van der Waals surface area contributed by atoms with E-state index in [-0.39, 0.29) is 0 Å². The average molecular weight is 382 g/mol. The molecular weight excluding hydrogens is 342 g/mol. The largest absolute Gasteiger partial charge is 0.314 e. The lowest BCUT2D eigenvalue weighted by Crippen LogP contribution is -2.40. The Balaban J connectivity index is 0.000000336. The number of hydrogen-bond acceptors (Lipinski definition) is 3. The molecule has 0 spiro atoms. The monoisotopic (exact) mass is 381 g/mol. The summed E-state index contributed by atoms with van der Waals surface area (Å²) in [5.74, 6) is 0. The van der Waals surface area contributed by atoms with Gasteiger partial charge in [-0.25, -0.2) is 0 Å². The standard InChI is InChI=1S/C20H27N.C5H12N2/c1-3-11-18(4-2)16-21(20-14-9-6-10-15-20)17-19-12-7-5-8-13-19;1-7-4-2-6-3-5-7/h3-5,7-8,11-13,20H,1-2,6,9-10,14-17H2;6H,2-5H2,1H3/b18-11+;. The van der Waals surface area contributed by atoms with E-state index in [9.17, 15) is 0 Å². The molecule has 3 heteroatoms. The summed E-state index contributed by atoms with van der Waals surface area (Å²) in [6.07, 6.45) is 12.7. The van der Waals surface area contributed by atoms with Crippen molar-refractivity contribution in [1.29, 1.82) is 0 Å². The van der Waals surface area contributed by atoms with Crippen molar-refractivity contribution in [1.82, 2.24) is 15.1 Å². The van der Waals surface area contributed by atoms with Crippen LogP contribution in [0.25, 0.3) is 0 Å². The summed E-state index contributed by atoms with van der Waals surface area (Å²) in [6, 6.07) is 11.5. The highest BCUT2D eigenvalue weighted by Crippen LogP contribution is 2.25. The molecule has 1 saturated carbocycles. The molecule has 1 aromatic carbocycles. The van der Waals surface area contributed by atoms with Crippen LogP contribution in [0.15, 0.2) is 67.3 Å². The van der Waals surface area contributed by atoms with Crippen molar-refractivity contribution in [2.75, 3.05) is 39.8 Å². The van der Waals surface area contributed by atoms with E-state index in [0.717, 1.165) is 26.2 Å². The van der Waals surface area contributed by atoms with Crippen molar-refractivity contribution < 1.29 is 0 Å². The van der Waals surface area contributed by atoms with Gasteiger partial charge in [0.05, 0.1) is 0 Å². The quantitative estimate of drug-likeness (QED) is 0.694. The average Bonchev–Trinajstić information content (AvgIpc) is 2.75. The first-order valence-electron chi connectivity index (χ1n) is 10.8. The lowest BCUT2D eigenvalue weighted by Gasteiger charge is -2.34. The second-order valence-electron chi connectivity index (χ2n) is 7.92. The van der Waals surface area contributed by atoms with Gasteiger partial charge in [0.2, 0.25) is 0 Å². The summed E-state index contributed by atoms with van der Waals surface area (Å²) in [6.45, 7) is 14.5. The van der Waals surface area contributed by atoms with Crippen LogP contribution in [0.1, 0.15) is 37.7 Å². The van der Waals surface area contributed by atoms with Gasteiger partial charge in [0.25, 0.3) is 0 Å². The first-order chi connectivity index (χ1) is 13.7. The molecule has 2 fully saturated rings. The number of piperazine rings is 1. The Bertz CT molecular complexity index is 581. The van der Waals surface area contributed by atoms with Gasteiger partial charge >= 0.3 is 0 Å². The van der Waals surface area contributed by atoms with Crippen molar-refractivity contribution in [3.8, 4) is 0 Å². The first-order valence-corrected chi connectivity index (χ1v) is 10.8. The van der Waals surface area contributed by atoms with Gasteiger partial charge in [-0.1, -0.05) is 81.0 Å². The summed E-state index contributed by atoms with van der Waals surface area (Å²) < 4.78 is 0. The number of nitrogens with one attached hydrogen (secondary N) is 1. The third-order valence-corrected chi connectivity index (χ3v) is 5.64. The van der Waals surface area contributed by atoms with E-state index in [4.69, 9.17) is 0 Å². The smallest absolute Gasteiger partial charge is 0.0240 e. The lowest BCUT2D eigenvalue weighted by molar-refractivity contribution is 0.162.